The number of nitrogens with one attached hydrogen (secondary N) is 2. The summed E-state index contributed by atoms with van der Waals surface area (Å²) in [5.74, 6) is 0.326. The van der Waals surface area contributed by atoms with Gasteiger partial charge in [-0.3, -0.25) is 18.4 Å². The third-order valence-electron chi connectivity index (χ3n) is 7.88. The minimum atomic E-state index is -4.03. The zero-order valence-corrected chi connectivity index (χ0v) is 32.0. The molecule has 1 aromatic carbocycles. The van der Waals surface area contributed by atoms with Crippen molar-refractivity contribution in [2.24, 2.45) is 5.41 Å². The fourth-order valence-corrected chi connectivity index (χ4v) is 7.65. The normalized spacial score (nSPS) is 21.9. The van der Waals surface area contributed by atoms with Crippen molar-refractivity contribution < 1.29 is 42.5 Å². The lowest BCUT2D eigenvalue weighted by atomic mass is 9.91. The van der Waals surface area contributed by atoms with Crippen LogP contribution in [0.4, 0.5) is 10.7 Å². The first-order valence-corrected chi connectivity index (χ1v) is 19.4. The fourth-order valence-electron chi connectivity index (χ4n) is 5.07. The Labute approximate surface area is 306 Å². The van der Waals surface area contributed by atoms with E-state index in [0.29, 0.717) is 18.5 Å². The molecule has 2 aromatic heterocycles. The number of imidazole rings is 1. The van der Waals surface area contributed by atoms with E-state index >= 15 is 0 Å². The molecule has 282 valence electrons. The number of nitrogens with two attached hydrogens (primary N) is 1. The lowest BCUT2D eigenvalue weighted by molar-refractivity contribution is -0.118. The number of aromatic nitrogens is 4. The molecule has 1 fully saturated rings. The molecule has 3 aromatic rings. The summed E-state index contributed by atoms with van der Waals surface area (Å²) >= 11 is 7.90. The lowest BCUT2D eigenvalue weighted by Crippen LogP contribution is -2.40. The maximum absolute atomic E-state index is 14.0. The smallest absolute Gasteiger partial charge is 0.407 e. The number of aliphatic hydroxyl groups is 1. The highest BCUT2D eigenvalue weighted by Gasteiger charge is 2.54. The second kappa shape index (κ2) is 17.7. The average molecular weight is 772 g/mol. The van der Waals surface area contributed by atoms with Crippen LogP contribution in [0, 0.1) is 5.41 Å². The van der Waals surface area contributed by atoms with E-state index in [-0.39, 0.29) is 60.8 Å². The average Bonchev–Trinajstić information content (AvgIpc) is 3.58. The molecular weight excluding hydrogens is 725 g/mol. The molecule has 1 amide bonds. The van der Waals surface area contributed by atoms with E-state index in [1.807, 2.05) is 30.3 Å². The van der Waals surface area contributed by atoms with E-state index in [0.717, 1.165) is 17.3 Å². The number of benzene rings is 1. The molecule has 51 heavy (non-hydrogen) atoms. The zero-order chi connectivity index (χ0) is 37.4. The summed E-state index contributed by atoms with van der Waals surface area (Å²) in [6.07, 6.45) is -2.28. The lowest BCUT2D eigenvalue weighted by Gasteiger charge is -2.26. The van der Waals surface area contributed by atoms with Crippen LogP contribution in [0.5, 0.6) is 5.88 Å². The largest absolute Gasteiger partial charge is 0.476 e. The zero-order valence-electron chi connectivity index (χ0n) is 29.5. The number of nitrogen functional groups attached to an aromatic ring is 1. The van der Waals surface area contributed by atoms with E-state index in [1.54, 1.807) is 41.5 Å². The summed E-state index contributed by atoms with van der Waals surface area (Å²) in [6, 6.07) is 9.24. The van der Waals surface area contributed by atoms with Crippen molar-refractivity contribution >= 4 is 59.4 Å². The molecule has 19 heteroatoms. The Morgan fingerprint density at radius 3 is 2.65 bits per heavy atom. The number of alkyl halides is 1. The van der Waals surface area contributed by atoms with Gasteiger partial charge in [0.1, 0.15) is 17.1 Å². The number of halogens is 1. The monoisotopic (exact) mass is 771 g/mol. The van der Waals surface area contributed by atoms with Gasteiger partial charge >= 0.3 is 13.8 Å². The number of thioether (sulfide) groups is 1. The Morgan fingerprint density at radius 2 is 1.96 bits per heavy atom. The Bertz CT molecular complexity index is 1680. The number of amides is 1. The number of rotatable bonds is 18. The van der Waals surface area contributed by atoms with Crippen LogP contribution < -0.4 is 20.9 Å². The van der Waals surface area contributed by atoms with Gasteiger partial charge in [0.25, 0.3) is 0 Å². The van der Waals surface area contributed by atoms with Gasteiger partial charge in [-0.25, -0.2) is 19.4 Å². The Morgan fingerprint density at radius 1 is 1.24 bits per heavy atom. The van der Waals surface area contributed by atoms with Crippen LogP contribution in [0.1, 0.15) is 59.8 Å². The van der Waals surface area contributed by atoms with E-state index in [4.69, 9.17) is 40.6 Å². The van der Waals surface area contributed by atoms with Crippen molar-refractivity contribution in [2.45, 2.75) is 83.9 Å². The number of aliphatic hydroxyl groups excluding tert-OH is 1. The minimum Gasteiger partial charge on any atom is -0.476 e. The fraction of sp³-hybridized carbons (Fsp3) is 0.594. The summed E-state index contributed by atoms with van der Waals surface area (Å²) in [5.41, 5.74) is 6.61. The first kappa shape index (κ1) is 40.7. The van der Waals surface area contributed by atoms with Crippen LogP contribution in [0.3, 0.4) is 0 Å². The van der Waals surface area contributed by atoms with Gasteiger partial charge < -0.3 is 30.4 Å². The number of nitrogens with zero attached hydrogens (tertiary/aromatic N) is 4. The van der Waals surface area contributed by atoms with Gasteiger partial charge in [0.05, 0.1) is 32.3 Å². The molecule has 16 nitrogen and oxygen atoms in total. The van der Waals surface area contributed by atoms with Gasteiger partial charge in [-0.1, -0.05) is 55.9 Å². The first-order chi connectivity index (χ1) is 24.1. The standard InChI is InChI=1S/C32H47ClN7O9PS/c1-7-45-26-23-25(38-29(34)39-26)40(19-36-23)27-32(6,33)24(41)22(49-27)18-47-50(44,37-17-21-11-9-8-10-12-21)46-15-16-51-28(42)31(4,5)13-14-35-30(43)48-20(2)3/h8-12,19-20,22,24,27,41H,7,13-18H2,1-6H3,(H,35,43)(H,37,44)(H2,34,38,39)/t22-,24-,27-,32-,50+/m1/s1. The number of anilines is 1. The van der Waals surface area contributed by atoms with E-state index in [2.05, 4.69) is 25.4 Å². The maximum atomic E-state index is 14.0. The topological polar surface area (TPSA) is 211 Å². The maximum Gasteiger partial charge on any atom is 0.407 e. The number of hydrogen-bond donors (Lipinski definition) is 4. The summed E-state index contributed by atoms with van der Waals surface area (Å²) in [7, 11) is -4.03. The highest BCUT2D eigenvalue weighted by Crippen LogP contribution is 2.48. The summed E-state index contributed by atoms with van der Waals surface area (Å²) < 4.78 is 44.0. The second-order valence-corrected chi connectivity index (χ2v) is 16.6. The number of carbonyl (C=O) groups excluding carboxylic acids is 2. The van der Waals surface area contributed by atoms with Gasteiger partial charge in [0, 0.05) is 24.3 Å². The highest BCUT2D eigenvalue weighted by molar-refractivity contribution is 8.13. The molecule has 3 heterocycles. The van der Waals surface area contributed by atoms with Crippen molar-refractivity contribution in [1.29, 1.82) is 0 Å². The molecule has 1 aliphatic rings. The molecule has 5 atom stereocenters. The van der Waals surface area contributed by atoms with Crippen LogP contribution in [0.25, 0.3) is 11.2 Å². The predicted molar refractivity (Wildman–Crippen MR) is 193 cm³/mol. The number of fused-ring (bicyclic) bond motifs is 1. The molecule has 0 unspecified atom stereocenters. The molecule has 0 aliphatic carbocycles. The second-order valence-electron chi connectivity index (χ2n) is 12.9. The number of ether oxygens (including phenoxy) is 3. The molecule has 0 saturated carbocycles. The molecular formula is C32H47ClN7O9PS. The predicted octanol–water partition coefficient (Wildman–Crippen LogP) is 4.80. The number of alkyl carbamates (subject to hydrolysis) is 1. The molecule has 0 radical (unpaired) electrons. The van der Waals surface area contributed by atoms with Crippen LogP contribution in [-0.4, -0.2) is 91.1 Å². The molecule has 1 saturated heterocycles. The third kappa shape index (κ3) is 10.8. The number of hydrogen-bond acceptors (Lipinski definition) is 14. The van der Waals surface area contributed by atoms with Crippen LogP contribution in [0.2, 0.25) is 0 Å². The van der Waals surface area contributed by atoms with Crippen molar-refractivity contribution in [3.05, 3.63) is 42.2 Å². The number of carbonyl (C=O) groups is 2. The van der Waals surface area contributed by atoms with E-state index in [1.165, 1.54) is 10.9 Å². The first-order valence-electron chi connectivity index (χ1n) is 16.5. The SMILES string of the molecule is CCOc1nc(N)nc2c1ncn2[C@@H]1O[C@H](CO[P@](=O)(NCc2ccccc2)OCCSC(=O)C(C)(C)CCNC(=O)OC(C)C)[C@@H](O)[C@@]1(C)Cl. The molecule has 0 bridgehead atoms. The quantitative estimate of drug-likeness (QED) is 0.0777. The van der Waals surface area contributed by atoms with Crippen LogP contribution in [0.15, 0.2) is 36.7 Å². The van der Waals surface area contributed by atoms with Gasteiger partial charge in [0.15, 0.2) is 22.5 Å². The minimum absolute atomic E-state index is 0.0471. The molecule has 1 aliphatic heterocycles. The van der Waals surface area contributed by atoms with Gasteiger partial charge in [-0.05, 0) is 39.7 Å². The summed E-state index contributed by atoms with van der Waals surface area (Å²) in [5, 5.41) is 16.6. The highest BCUT2D eigenvalue weighted by atomic mass is 35.5. The summed E-state index contributed by atoms with van der Waals surface area (Å²) in [6.45, 7) is 10.7. The summed E-state index contributed by atoms with van der Waals surface area (Å²) in [4.78, 5) is 36.1. The molecule has 4 rings (SSSR count). The van der Waals surface area contributed by atoms with Crippen molar-refractivity contribution in [3.63, 3.8) is 0 Å². The van der Waals surface area contributed by atoms with E-state index < -0.39 is 42.6 Å². The van der Waals surface area contributed by atoms with Gasteiger partial charge in [0.2, 0.25) is 11.8 Å². The van der Waals surface area contributed by atoms with E-state index in [9.17, 15) is 19.3 Å². The van der Waals surface area contributed by atoms with Crippen molar-refractivity contribution in [1.82, 2.24) is 29.9 Å². The Balaban J connectivity index is 1.39. The van der Waals surface area contributed by atoms with Crippen LogP contribution >= 0.6 is 31.1 Å². The van der Waals surface area contributed by atoms with Gasteiger partial charge in [-0.15, -0.1) is 11.6 Å². The molecule has 0 spiro atoms. The molecule has 5 N–H and O–H groups in total. The Kier molecular flexibility index (Phi) is 14.1. The third-order valence-corrected chi connectivity index (χ3v) is 11.0. The van der Waals surface area contributed by atoms with Crippen molar-refractivity contribution in [3.8, 4) is 5.88 Å². The van der Waals surface area contributed by atoms with Crippen LogP contribution in [-0.2, 0) is 34.4 Å². The Hall–Kier alpha value is -3.02. The van der Waals surface area contributed by atoms with Crippen molar-refractivity contribution in [2.75, 3.05) is 37.9 Å². The van der Waals surface area contributed by atoms with Gasteiger partial charge in [-0.2, -0.15) is 9.97 Å².